The minimum absolute atomic E-state index is 0.0291. The van der Waals surface area contributed by atoms with Gasteiger partial charge in [-0.05, 0) is 19.3 Å². The fourth-order valence-corrected chi connectivity index (χ4v) is 10.7. The molecule has 28 heteroatoms. The number of carbonyl (C=O) groups excluding carboxylic acids is 2. The first-order chi connectivity index (χ1) is 32.2. The minimum Gasteiger partial charge on any atom is -0.438 e. The first-order valence-electron chi connectivity index (χ1n) is 22.3. The molecule has 0 aromatic carbocycles. The number of esters is 2. The van der Waals surface area contributed by atoms with E-state index in [1.807, 2.05) is 0 Å². The molecule has 10 atom stereocenters. The van der Waals surface area contributed by atoms with Gasteiger partial charge in [0.25, 0.3) is 0 Å². The van der Waals surface area contributed by atoms with Crippen molar-refractivity contribution in [2.75, 3.05) is 44.0 Å². The van der Waals surface area contributed by atoms with Gasteiger partial charge in [0, 0.05) is 18.8 Å². The summed E-state index contributed by atoms with van der Waals surface area (Å²) in [6.45, 7) is 0.638. The van der Waals surface area contributed by atoms with E-state index in [9.17, 15) is 18.7 Å². The number of anilines is 3. The zero-order valence-corrected chi connectivity index (χ0v) is 38.9. The number of aromatic nitrogens is 8. The number of fused-ring (bicyclic) bond motifs is 4. The molecule has 2 unspecified atom stereocenters. The summed E-state index contributed by atoms with van der Waals surface area (Å²) in [6.07, 6.45) is 0.749. The van der Waals surface area contributed by atoms with Crippen LogP contribution in [0.5, 0.6) is 0 Å². The van der Waals surface area contributed by atoms with Crippen LogP contribution in [0.1, 0.15) is 110 Å². The van der Waals surface area contributed by atoms with E-state index in [4.69, 9.17) is 58.6 Å². The highest BCUT2D eigenvalue weighted by Crippen LogP contribution is 2.59. The standard InChI is InChI=1S/C39H57F2N11O13P2/c1-3-5-7-9-11-13-26(53)57-21-61-66(55)59-16-23-15-24(51-19-47-30-34(42)45-18-46-36(30)51)28(40)32(23)64-67(56,62-22-58-27(54)14-12-10-8-6-4-2)60-17-25-33(65-66)29(41)38(63-25)52-20-48-31-35(43)49-39(44)50-37(31)52/h18-20,23-25,28-29,32-33,38H,3-17,21-22H2,1-2H3,(H2,42,45,46)(H4,43,44,49,50)/t23-,24-,25-,28-,29+,32+,33+,38-,66?,67?/m1/s1. The highest BCUT2D eigenvalue weighted by molar-refractivity contribution is 7.48. The predicted molar refractivity (Wildman–Crippen MR) is 232 cm³/mol. The molecule has 2 saturated heterocycles. The zero-order valence-electron chi connectivity index (χ0n) is 37.1. The van der Waals surface area contributed by atoms with Crippen molar-refractivity contribution in [2.45, 2.75) is 140 Å². The molecule has 2 aliphatic heterocycles. The third-order valence-electron chi connectivity index (χ3n) is 11.6. The monoisotopic (exact) mass is 987 g/mol. The number of ether oxygens (including phenoxy) is 3. The number of nitrogens with zero attached hydrogens (tertiary/aromatic N) is 8. The number of alkyl halides is 2. The molecule has 24 nitrogen and oxygen atoms in total. The van der Waals surface area contributed by atoms with Crippen molar-refractivity contribution in [1.29, 1.82) is 0 Å². The number of nitrogens with two attached hydrogens (primary N) is 3. The zero-order chi connectivity index (χ0) is 47.7. The van der Waals surface area contributed by atoms with Crippen LogP contribution in [0.4, 0.5) is 26.4 Å². The van der Waals surface area contributed by atoms with Crippen LogP contribution in [0.25, 0.3) is 22.3 Å². The molecule has 6 heterocycles. The fraction of sp³-hybridized carbons (Fsp3) is 0.692. The Kier molecular flexibility index (Phi) is 17.1. The molecular formula is C39H57F2N11O13P2. The Morgan fingerprint density at radius 1 is 0.716 bits per heavy atom. The number of rotatable bonds is 20. The van der Waals surface area contributed by atoms with Crippen molar-refractivity contribution < 1.29 is 68.9 Å². The summed E-state index contributed by atoms with van der Waals surface area (Å²) in [4.78, 5) is 49.8. The minimum atomic E-state index is -5.04. The van der Waals surface area contributed by atoms with Gasteiger partial charge in [-0.15, -0.1) is 0 Å². The molecule has 67 heavy (non-hydrogen) atoms. The Morgan fingerprint density at radius 3 is 1.94 bits per heavy atom. The number of nitrogen functional groups attached to an aromatic ring is 3. The second-order valence-corrected chi connectivity index (χ2v) is 19.6. The van der Waals surface area contributed by atoms with Crippen molar-refractivity contribution in [2.24, 2.45) is 5.92 Å². The van der Waals surface area contributed by atoms with Crippen molar-refractivity contribution >= 4 is 67.5 Å². The van der Waals surface area contributed by atoms with Gasteiger partial charge < -0.3 is 36.0 Å². The number of carbonyl (C=O) groups is 2. The fourth-order valence-electron chi connectivity index (χ4n) is 8.11. The molecule has 370 valence electrons. The normalized spacial score (nSPS) is 29.0. The molecule has 0 radical (unpaired) electrons. The molecule has 7 rings (SSSR count). The second kappa shape index (κ2) is 22.7. The third-order valence-corrected chi connectivity index (χ3v) is 14.4. The van der Waals surface area contributed by atoms with Gasteiger partial charge in [0.15, 0.2) is 35.3 Å². The van der Waals surface area contributed by atoms with E-state index in [0.29, 0.717) is 12.8 Å². The molecule has 3 fully saturated rings. The van der Waals surface area contributed by atoms with Crippen molar-refractivity contribution in [1.82, 2.24) is 39.0 Å². The summed E-state index contributed by atoms with van der Waals surface area (Å²) in [5.41, 5.74) is 18.2. The van der Waals surface area contributed by atoms with Crippen LogP contribution in [0.3, 0.4) is 0 Å². The highest BCUT2D eigenvalue weighted by atomic mass is 31.2. The Balaban J connectivity index is 1.18. The number of imidazole rings is 2. The van der Waals surface area contributed by atoms with Crippen LogP contribution in [0.2, 0.25) is 0 Å². The Hall–Kier alpha value is -4.52. The average molecular weight is 988 g/mol. The Labute approximate surface area is 383 Å². The van der Waals surface area contributed by atoms with Gasteiger partial charge >= 0.3 is 27.6 Å². The first-order valence-corrected chi connectivity index (χ1v) is 25.2. The molecule has 1 aliphatic carbocycles. The summed E-state index contributed by atoms with van der Waals surface area (Å²) < 4.78 is 117. The Morgan fingerprint density at radius 2 is 1.30 bits per heavy atom. The lowest BCUT2D eigenvalue weighted by molar-refractivity contribution is -0.152. The molecule has 4 aromatic rings. The maximum Gasteiger partial charge on any atom is 0.478 e. The van der Waals surface area contributed by atoms with E-state index < -0.39 is 103 Å². The van der Waals surface area contributed by atoms with E-state index in [-0.39, 0.29) is 59.2 Å². The highest BCUT2D eigenvalue weighted by Gasteiger charge is 2.55. The van der Waals surface area contributed by atoms with Gasteiger partial charge in [0.05, 0.1) is 31.9 Å². The molecule has 0 amide bonds. The number of hydrogen-bond acceptors (Lipinski definition) is 22. The molecule has 3 aliphatic rings. The van der Waals surface area contributed by atoms with E-state index in [2.05, 4.69) is 43.8 Å². The van der Waals surface area contributed by atoms with Crippen LogP contribution < -0.4 is 17.2 Å². The van der Waals surface area contributed by atoms with Crippen LogP contribution in [0, 0.1) is 5.92 Å². The van der Waals surface area contributed by atoms with Crippen LogP contribution >= 0.6 is 15.6 Å². The summed E-state index contributed by atoms with van der Waals surface area (Å²) in [7, 11) is -10.1. The first kappa shape index (κ1) is 50.4. The summed E-state index contributed by atoms with van der Waals surface area (Å²) in [6, 6.07) is -1.16. The number of hydrogen-bond donors (Lipinski definition) is 3. The van der Waals surface area contributed by atoms with Crippen molar-refractivity contribution in [3.05, 3.63) is 19.0 Å². The Bertz CT molecular complexity index is 2420. The summed E-state index contributed by atoms with van der Waals surface area (Å²) >= 11 is 0. The van der Waals surface area contributed by atoms with E-state index in [1.54, 1.807) is 0 Å². The number of halogens is 2. The number of phosphoric ester groups is 2. The van der Waals surface area contributed by atoms with E-state index in [1.165, 1.54) is 17.2 Å². The molecule has 1 saturated carbocycles. The van der Waals surface area contributed by atoms with Crippen LogP contribution in [-0.4, -0.2) is 108 Å². The SMILES string of the molecule is CCCCCCCC(=O)OCOP1(=O)OC[C@H]2C[C@@H](n3cnc4c(N)ncnc43)[C@@H](F)[C@H]2OP(=O)(OCOC(=O)CCCCCCC)OC[C@H]2O[C@@H](n3cnc4c(N)nc(N)nc43)[C@@H](F)[C@H]2O1. The molecule has 6 N–H and O–H groups in total. The maximum absolute atomic E-state index is 17.1. The summed E-state index contributed by atoms with van der Waals surface area (Å²) in [5, 5.41) is 0. The van der Waals surface area contributed by atoms with Gasteiger partial charge in [0.2, 0.25) is 19.5 Å². The van der Waals surface area contributed by atoms with Crippen molar-refractivity contribution in [3.63, 3.8) is 0 Å². The van der Waals surface area contributed by atoms with Crippen LogP contribution in [0.15, 0.2) is 19.0 Å². The van der Waals surface area contributed by atoms with E-state index >= 15 is 8.78 Å². The predicted octanol–water partition coefficient (Wildman–Crippen LogP) is 6.34. The molecule has 0 spiro atoms. The lowest BCUT2D eigenvalue weighted by atomic mass is 10.1. The molecular weight excluding hydrogens is 930 g/mol. The molecule has 4 aromatic heterocycles. The van der Waals surface area contributed by atoms with Crippen LogP contribution in [-0.2, 0) is 60.1 Å². The van der Waals surface area contributed by atoms with Gasteiger partial charge in [-0.25, -0.2) is 46.9 Å². The summed E-state index contributed by atoms with van der Waals surface area (Å²) in [5.74, 6) is -2.84. The number of phosphoric acid groups is 2. The van der Waals surface area contributed by atoms with Gasteiger partial charge in [0.1, 0.15) is 41.8 Å². The van der Waals surface area contributed by atoms with Gasteiger partial charge in [-0.3, -0.25) is 32.3 Å². The average Bonchev–Trinajstić information content (AvgIpc) is 4.06. The topological polar surface area (TPSA) is 317 Å². The second-order valence-electron chi connectivity index (χ2n) is 16.4. The largest absolute Gasteiger partial charge is 0.478 e. The molecule has 0 bridgehead atoms. The van der Waals surface area contributed by atoms with Gasteiger partial charge in [-0.1, -0.05) is 65.2 Å². The quantitative estimate of drug-likeness (QED) is 0.0376. The smallest absolute Gasteiger partial charge is 0.438 e. The van der Waals surface area contributed by atoms with Crippen molar-refractivity contribution in [3.8, 4) is 0 Å². The number of unbranched alkanes of at least 4 members (excludes halogenated alkanes) is 8. The maximum atomic E-state index is 17.1. The lowest BCUT2D eigenvalue weighted by Gasteiger charge is -2.30. The van der Waals surface area contributed by atoms with Gasteiger partial charge in [-0.2, -0.15) is 9.97 Å². The lowest BCUT2D eigenvalue weighted by Crippen LogP contribution is -2.36. The third kappa shape index (κ3) is 12.2. The van der Waals surface area contributed by atoms with E-state index in [0.717, 1.165) is 62.3 Å².